The summed E-state index contributed by atoms with van der Waals surface area (Å²) in [5.41, 5.74) is 5.59. The number of carbonyl (C=O) groups is 1. The van der Waals surface area contributed by atoms with Gasteiger partial charge in [-0.1, -0.05) is 6.08 Å². The Balaban J connectivity index is 2.19. The summed E-state index contributed by atoms with van der Waals surface area (Å²) in [7, 11) is 0. The number of thiazole rings is 1. The Morgan fingerprint density at radius 1 is 1.80 bits per heavy atom. The van der Waals surface area contributed by atoms with Crippen LogP contribution in [0.25, 0.3) is 0 Å². The lowest BCUT2D eigenvalue weighted by atomic mass is 10.2. The number of nitrogens with one attached hydrogen (secondary N) is 1. The van der Waals surface area contributed by atoms with Gasteiger partial charge in [-0.3, -0.25) is 4.79 Å². The van der Waals surface area contributed by atoms with E-state index in [0.29, 0.717) is 13.0 Å². The summed E-state index contributed by atoms with van der Waals surface area (Å²) in [6, 6.07) is -0.487. The molecule has 1 heterocycles. The van der Waals surface area contributed by atoms with Gasteiger partial charge in [-0.25, -0.2) is 4.98 Å². The van der Waals surface area contributed by atoms with Crippen LogP contribution in [0, 0.1) is 0 Å². The molecule has 0 spiro atoms. The maximum absolute atomic E-state index is 11.4. The highest BCUT2D eigenvalue weighted by molar-refractivity contribution is 7.09. The van der Waals surface area contributed by atoms with E-state index in [1.54, 1.807) is 23.6 Å². The second kappa shape index (κ2) is 6.31. The molecule has 0 saturated carbocycles. The molecule has 15 heavy (non-hydrogen) atoms. The van der Waals surface area contributed by atoms with Crippen LogP contribution in [0.2, 0.25) is 0 Å². The van der Waals surface area contributed by atoms with E-state index in [1.807, 2.05) is 5.38 Å². The van der Waals surface area contributed by atoms with Gasteiger partial charge in [-0.15, -0.1) is 17.9 Å². The molecule has 5 heteroatoms. The van der Waals surface area contributed by atoms with Crippen LogP contribution >= 0.6 is 11.3 Å². The molecule has 82 valence electrons. The molecule has 0 aliphatic carbocycles. The highest BCUT2D eigenvalue weighted by Gasteiger charge is 2.10. The molecule has 0 saturated heterocycles. The Bertz CT molecular complexity index is 310. The van der Waals surface area contributed by atoms with Gasteiger partial charge in [0.25, 0.3) is 0 Å². The first-order chi connectivity index (χ1) is 7.24. The van der Waals surface area contributed by atoms with Crippen molar-refractivity contribution in [2.45, 2.75) is 18.9 Å². The molecule has 1 aromatic heterocycles. The molecule has 1 amide bonds. The third kappa shape index (κ3) is 4.22. The molecular weight excluding hydrogens is 210 g/mol. The highest BCUT2D eigenvalue weighted by Crippen LogP contribution is 2.03. The van der Waals surface area contributed by atoms with Crippen molar-refractivity contribution < 1.29 is 4.79 Å². The number of amides is 1. The summed E-state index contributed by atoms with van der Waals surface area (Å²) >= 11 is 1.58. The molecule has 0 aliphatic rings. The van der Waals surface area contributed by atoms with E-state index in [1.165, 1.54) is 0 Å². The predicted molar refractivity (Wildman–Crippen MR) is 61.6 cm³/mol. The zero-order valence-electron chi connectivity index (χ0n) is 8.48. The van der Waals surface area contributed by atoms with E-state index in [4.69, 9.17) is 5.73 Å². The van der Waals surface area contributed by atoms with Crippen LogP contribution in [0.5, 0.6) is 0 Å². The van der Waals surface area contributed by atoms with Crippen molar-refractivity contribution in [1.29, 1.82) is 0 Å². The molecule has 0 bridgehead atoms. The summed E-state index contributed by atoms with van der Waals surface area (Å²) in [6.07, 6.45) is 4.66. The van der Waals surface area contributed by atoms with Gasteiger partial charge in [0.2, 0.25) is 5.91 Å². The van der Waals surface area contributed by atoms with Crippen molar-refractivity contribution in [1.82, 2.24) is 10.3 Å². The standard InChI is InChI=1S/C10H15N3OS/c1-2-3-8(11)10(14)13-5-4-9-12-6-7-15-9/h2,6-8H,1,3-5,11H2,(H,13,14). The van der Waals surface area contributed by atoms with Gasteiger partial charge in [0, 0.05) is 24.5 Å². The van der Waals surface area contributed by atoms with Gasteiger partial charge in [0.05, 0.1) is 11.0 Å². The van der Waals surface area contributed by atoms with E-state index >= 15 is 0 Å². The SMILES string of the molecule is C=CCC(N)C(=O)NCCc1nccs1. The van der Waals surface area contributed by atoms with Crippen molar-refractivity contribution >= 4 is 17.2 Å². The third-order valence-corrected chi connectivity index (χ3v) is 2.72. The number of hydrogen-bond donors (Lipinski definition) is 2. The Morgan fingerprint density at radius 2 is 2.60 bits per heavy atom. The molecule has 0 aliphatic heterocycles. The minimum Gasteiger partial charge on any atom is -0.354 e. The maximum Gasteiger partial charge on any atom is 0.237 e. The van der Waals surface area contributed by atoms with Crippen molar-refractivity contribution in [2.24, 2.45) is 5.73 Å². The van der Waals surface area contributed by atoms with Gasteiger partial charge < -0.3 is 11.1 Å². The van der Waals surface area contributed by atoms with Crippen LogP contribution in [0.15, 0.2) is 24.2 Å². The largest absolute Gasteiger partial charge is 0.354 e. The first kappa shape index (κ1) is 11.9. The first-order valence-electron chi connectivity index (χ1n) is 4.76. The second-order valence-corrected chi connectivity index (χ2v) is 4.08. The Labute approximate surface area is 93.2 Å². The lowest BCUT2D eigenvalue weighted by Gasteiger charge is -2.09. The molecule has 0 fully saturated rings. The predicted octanol–water partition coefficient (Wildman–Crippen LogP) is 0.705. The molecule has 0 radical (unpaired) electrons. The fourth-order valence-corrected chi connectivity index (χ4v) is 1.71. The van der Waals surface area contributed by atoms with E-state index in [2.05, 4.69) is 16.9 Å². The van der Waals surface area contributed by atoms with Crippen molar-refractivity contribution in [3.05, 3.63) is 29.2 Å². The molecule has 4 nitrogen and oxygen atoms in total. The number of aromatic nitrogens is 1. The van der Waals surface area contributed by atoms with E-state index < -0.39 is 6.04 Å². The van der Waals surface area contributed by atoms with Gasteiger partial charge in [-0.2, -0.15) is 0 Å². The average molecular weight is 225 g/mol. The molecule has 1 atom stereocenters. The minimum absolute atomic E-state index is 0.133. The number of nitrogens with two attached hydrogens (primary N) is 1. The topological polar surface area (TPSA) is 68.0 Å². The minimum atomic E-state index is -0.487. The van der Waals surface area contributed by atoms with Gasteiger partial charge in [0.15, 0.2) is 0 Å². The third-order valence-electron chi connectivity index (χ3n) is 1.88. The second-order valence-electron chi connectivity index (χ2n) is 3.10. The summed E-state index contributed by atoms with van der Waals surface area (Å²) in [5, 5.41) is 5.70. The summed E-state index contributed by atoms with van der Waals surface area (Å²) in [5.74, 6) is -0.133. The van der Waals surface area contributed by atoms with E-state index in [-0.39, 0.29) is 5.91 Å². The Kier molecular flexibility index (Phi) is 5.00. The number of rotatable bonds is 6. The van der Waals surface area contributed by atoms with Crippen LogP contribution in [0.4, 0.5) is 0 Å². The molecular formula is C10H15N3OS. The lowest BCUT2D eigenvalue weighted by molar-refractivity contribution is -0.122. The molecule has 1 aromatic rings. The zero-order valence-corrected chi connectivity index (χ0v) is 9.30. The van der Waals surface area contributed by atoms with E-state index in [9.17, 15) is 4.79 Å². The summed E-state index contributed by atoms with van der Waals surface area (Å²) in [6.45, 7) is 4.12. The maximum atomic E-state index is 11.4. The van der Waals surface area contributed by atoms with Crippen LogP contribution in [0.1, 0.15) is 11.4 Å². The monoisotopic (exact) mass is 225 g/mol. The first-order valence-corrected chi connectivity index (χ1v) is 5.64. The number of nitrogens with zero attached hydrogens (tertiary/aromatic N) is 1. The normalized spacial score (nSPS) is 12.1. The molecule has 1 rings (SSSR count). The zero-order chi connectivity index (χ0) is 11.1. The lowest BCUT2D eigenvalue weighted by Crippen LogP contribution is -2.40. The Morgan fingerprint density at radius 3 is 3.20 bits per heavy atom. The molecule has 3 N–H and O–H groups in total. The average Bonchev–Trinajstić information content (AvgIpc) is 2.71. The summed E-state index contributed by atoms with van der Waals surface area (Å²) < 4.78 is 0. The molecule has 0 aromatic carbocycles. The Hall–Kier alpha value is -1.20. The number of hydrogen-bond acceptors (Lipinski definition) is 4. The van der Waals surface area contributed by atoms with Crippen molar-refractivity contribution in [2.75, 3.05) is 6.54 Å². The van der Waals surface area contributed by atoms with E-state index in [0.717, 1.165) is 11.4 Å². The quantitative estimate of drug-likeness (QED) is 0.700. The van der Waals surface area contributed by atoms with Crippen molar-refractivity contribution in [3.63, 3.8) is 0 Å². The van der Waals surface area contributed by atoms with Crippen LogP contribution in [-0.4, -0.2) is 23.5 Å². The van der Waals surface area contributed by atoms with Crippen molar-refractivity contribution in [3.8, 4) is 0 Å². The number of carbonyl (C=O) groups excluding carboxylic acids is 1. The van der Waals surface area contributed by atoms with Crippen LogP contribution in [0.3, 0.4) is 0 Å². The highest BCUT2D eigenvalue weighted by atomic mass is 32.1. The van der Waals surface area contributed by atoms with Gasteiger partial charge in [0.1, 0.15) is 0 Å². The van der Waals surface area contributed by atoms with Crippen LogP contribution in [-0.2, 0) is 11.2 Å². The van der Waals surface area contributed by atoms with Gasteiger partial charge in [-0.05, 0) is 6.42 Å². The summed E-state index contributed by atoms with van der Waals surface area (Å²) in [4.78, 5) is 15.5. The smallest absolute Gasteiger partial charge is 0.237 e. The molecule has 1 unspecified atom stereocenters. The van der Waals surface area contributed by atoms with Crippen LogP contribution < -0.4 is 11.1 Å². The van der Waals surface area contributed by atoms with Gasteiger partial charge >= 0.3 is 0 Å². The fraction of sp³-hybridized carbons (Fsp3) is 0.400. The fourth-order valence-electron chi connectivity index (χ4n) is 1.09.